The van der Waals surface area contributed by atoms with Crippen LogP contribution < -0.4 is 5.46 Å². The molecule has 0 fully saturated rings. The number of unbranched alkanes of at least 4 members (excludes halogenated alkanes) is 1. The van der Waals surface area contributed by atoms with Gasteiger partial charge in [0.1, 0.15) is 6.61 Å². The van der Waals surface area contributed by atoms with E-state index in [0.29, 0.717) is 17.1 Å². The highest BCUT2D eigenvalue weighted by Crippen LogP contribution is 2.14. The Kier molecular flexibility index (Phi) is 6.79. The molecule has 0 heterocycles. The maximum Gasteiger partial charge on any atom is 0.488 e. The van der Waals surface area contributed by atoms with E-state index >= 15 is 0 Å². The molecular weight excluding hydrogens is 252 g/mol. The molecule has 2 N–H and O–H groups in total. The third-order valence-electron chi connectivity index (χ3n) is 2.40. The predicted octanol–water partition coefficient (Wildman–Crippen LogP) is 1.36. The summed E-state index contributed by atoms with van der Waals surface area (Å²) < 4.78 is 5.25. The highest BCUT2D eigenvalue weighted by molar-refractivity contribution is 6.59. The van der Waals surface area contributed by atoms with Gasteiger partial charge in [-0.05, 0) is 17.9 Å². The number of nitrogens with zero attached hydrogens (tertiary/aromatic N) is 1. The summed E-state index contributed by atoms with van der Waals surface area (Å²) in [7, 11) is -1.51. The number of aliphatic imine (C=N–C) groups is 1. The molecule has 0 aromatic heterocycles. The highest BCUT2D eigenvalue weighted by Gasteiger charge is 2.12. The smallest absolute Gasteiger partial charge is 0.479 e. The van der Waals surface area contributed by atoms with Gasteiger partial charge in [-0.15, -0.1) is 0 Å². The first-order valence-electron chi connectivity index (χ1n) is 5.89. The van der Waals surface area contributed by atoms with Crippen molar-refractivity contribution in [3.05, 3.63) is 28.8 Å². The molecule has 1 aromatic rings. The van der Waals surface area contributed by atoms with Crippen LogP contribution in [0.15, 0.2) is 23.2 Å². The van der Waals surface area contributed by atoms with Crippen molar-refractivity contribution in [1.29, 1.82) is 0 Å². The third-order valence-corrected chi connectivity index (χ3v) is 2.76. The average molecular weight is 270 g/mol. The largest absolute Gasteiger partial charge is 0.488 e. The van der Waals surface area contributed by atoms with E-state index in [2.05, 4.69) is 11.9 Å². The van der Waals surface area contributed by atoms with Crippen LogP contribution in [0, 0.1) is 0 Å². The molecule has 1 aromatic carbocycles. The van der Waals surface area contributed by atoms with Crippen molar-refractivity contribution in [3.63, 3.8) is 0 Å². The van der Waals surface area contributed by atoms with Gasteiger partial charge < -0.3 is 14.8 Å². The molecule has 4 nitrogen and oxygen atoms in total. The minimum Gasteiger partial charge on any atom is -0.479 e. The molecule has 0 spiro atoms. The maximum atomic E-state index is 8.98. The molecular formula is C12H17BClNO3. The second-order valence-corrected chi connectivity index (χ2v) is 4.31. The van der Waals surface area contributed by atoms with Crippen molar-refractivity contribution in [3.8, 4) is 0 Å². The van der Waals surface area contributed by atoms with Gasteiger partial charge in [0.15, 0.2) is 6.40 Å². The maximum absolute atomic E-state index is 8.98. The topological polar surface area (TPSA) is 62.0 Å². The molecule has 0 bridgehead atoms. The summed E-state index contributed by atoms with van der Waals surface area (Å²) in [5.41, 5.74) is 1.14. The molecule has 0 atom stereocenters. The molecule has 0 saturated heterocycles. The Hall–Kier alpha value is -1.04. The summed E-state index contributed by atoms with van der Waals surface area (Å²) in [6.45, 7) is 3.18. The first-order valence-corrected chi connectivity index (χ1v) is 6.27. The predicted molar refractivity (Wildman–Crippen MR) is 74.3 cm³/mol. The lowest BCUT2D eigenvalue weighted by Gasteiger charge is -2.06. The molecule has 0 aliphatic rings. The van der Waals surface area contributed by atoms with Gasteiger partial charge in [0.05, 0.1) is 0 Å². The zero-order valence-electron chi connectivity index (χ0n) is 10.3. The number of benzene rings is 1. The second-order valence-electron chi connectivity index (χ2n) is 3.90. The number of hydrogen-bond acceptors (Lipinski definition) is 4. The number of hydrogen-bond donors (Lipinski definition) is 2. The van der Waals surface area contributed by atoms with Crippen LogP contribution in [0.2, 0.25) is 5.02 Å². The Morgan fingerprint density at radius 1 is 1.44 bits per heavy atom. The van der Waals surface area contributed by atoms with Gasteiger partial charge in [0, 0.05) is 17.1 Å². The monoisotopic (exact) mass is 269 g/mol. The number of rotatable bonds is 7. The van der Waals surface area contributed by atoms with E-state index < -0.39 is 7.12 Å². The van der Waals surface area contributed by atoms with Gasteiger partial charge in [0.25, 0.3) is 0 Å². The minimum absolute atomic E-state index is 0.316. The van der Waals surface area contributed by atoms with Gasteiger partial charge >= 0.3 is 7.12 Å². The van der Waals surface area contributed by atoms with Crippen LogP contribution in [0.5, 0.6) is 0 Å². The standard InChI is InChI=1S/C12H17BClNO3/c1-2-3-6-15-9-18-8-10-4-5-11(13(16)17)7-12(10)14/h4-5,7,9,16-17H,2-3,6,8H2,1H3. The van der Waals surface area contributed by atoms with Crippen molar-refractivity contribution in [2.75, 3.05) is 6.54 Å². The fraction of sp³-hybridized carbons (Fsp3) is 0.417. The van der Waals surface area contributed by atoms with Crippen LogP contribution in [-0.2, 0) is 11.3 Å². The number of ether oxygens (including phenoxy) is 1. The van der Waals surface area contributed by atoms with Crippen molar-refractivity contribution in [2.45, 2.75) is 26.4 Å². The Morgan fingerprint density at radius 3 is 2.83 bits per heavy atom. The van der Waals surface area contributed by atoms with Crippen molar-refractivity contribution < 1.29 is 14.8 Å². The summed E-state index contributed by atoms with van der Waals surface area (Å²) in [5.74, 6) is 0. The lowest BCUT2D eigenvalue weighted by atomic mass is 9.80. The van der Waals surface area contributed by atoms with E-state index in [1.165, 1.54) is 12.5 Å². The first kappa shape index (κ1) is 15.0. The van der Waals surface area contributed by atoms with Gasteiger partial charge in [-0.2, -0.15) is 0 Å². The molecule has 18 heavy (non-hydrogen) atoms. The lowest BCUT2D eigenvalue weighted by Crippen LogP contribution is -2.29. The van der Waals surface area contributed by atoms with Crippen LogP contribution >= 0.6 is 11.6 Å². The molecule has 98 valence electrons. The summed E-state index contributed by atoms with van der Waals surface area (Å²) >= 11 is 5.99. The zero-order chi connectivity index (χ0) is 13.4. The number of halogens is 1. The molecule has 0 aliphatic heterocycles. The molecule has 0 unspecified atom stereocenters. The second kappa shape index (κ2) is 8.13. The highest BCUT2D eigenvalue weighted by atomic mass is 35.5. The van der Waals surface area contributed by atoms with Crippen LogP contribution in [0.4, 0.5) is 0 Å². The summed E-state index contributed by atoms with van der Waals surface area (Å²) in [5, 5.41) is 18.4. The van der Waals surface area contributed by atoms with Crippen molar-refractivity contribution >= 4 is 30.6 Å². The summed E-state index contributed by atoms with van der Waals surface area (Å²) in [6, 6.07) is 4.82. The Bertz CT molecular complexity index is 399. The van der Waals surface area contributed by atoms with E-state index in [9.17, 15) is 0 Å². The molecule has 0 aliphatic carbocycles. The Morgan fingerprint density at radius 2 is 2.22 bits per heavy atom. The van der Waals surface area contributed by atoms with Gasteiger partial charge in [0.2, 0.25) is 0 Å². The molecule has 1 rings (SSSR count). The lowest BCUT2D eigenvalue weighted by molar-refractivity contribution is 0.306. The van der Waals surface area contributed by atoms with Crippen molar-refractivity contribution in [1.82, 2.24) is 0 Å². The van der Waals surface area contributed by atoms with E-state index in [1.54, 1.807) is 12.1 Å². The van der Waals surface area contributed by atoms with Gasteiger partial charge in [-0.25, -0.2) is 0 Å². The molecule has 0 saturated carbocycles. The fourth-order valence-electron chi connectivity index (χ4n) is 1.32. The van der Waals surface area contributed by atoms with E-state index in [1.807, 2.05) is 0 Å². The Labute approximate surface area is 112 Å². The van der Waals surface area contributed by atoms with Crippen LogP contribution in [0.1, 0.15) is 25.3 Å². The molecule has 6 heteroatoms. The molecule has 0 amide bonds. The van der Waals surface area contributed by atoms with E-state index in [0.717, 1.165) is 24.9 Å². The zero-order valence-corrected chi connectivity index (χ0v) is 11.1. The first-order chi connectivity index (χ1) is 8.65. The SMILES string of the molecule is CCCCN=COCc1ccc(B(O)O)cc1Cl. The Balaban J connectivity index is 2.45. The fourth-order valence-corrected chi connectivity index (χ4v) is 1.57. The van der Waals surface area contributed by atoms with Crippen molar-refractivity contribution in [2.24, 2.45) is 4.99 Å². The normalized spacial score (nSPS) is 10.9. The average Bonchev–Trinajstić information content (AvgIpc) is 2.35. The van der Waals surface area contributed by atoms with Crippen LogP contribution in [-0.4, -0.2) is 30.1 Å². The van der Waals surface area contributed by atoms with Gasteiger partial charge in [-0.3, -0.25) is 4.99 Å². The molecule has 0 radical (unpaired) electrons. The van der Waals surface area contributed by atoms with E-state index in [4.69, 9.17) is 26.4 Å². The third kappa shape index (κ3) is 5.08. The summed E-state index contributed by atoms with van der Waals surface area (Å²) in [6.07, 6.45) is 3.58. The van der Waals surface area contributed by atoms with Crippen LogP contribution in [0.3, 0.4) is 0 Å². The quantitative estimate of drug-likeness (QED) is 0.340. The van der Waals surface area contributed by atoms with Crippen LogP contribution in [0.25, 0.3) is 0 Å². The van der Waals surface area contributed by atoms with E-state index in [-0.39, 0.29) is 0 Å². The minimum atomic E-state index is -1.51. The summed E-state index contributed by atoms with van der Waals surface area (Å²) in [4.78, 5) is 4.08. The van der Waals surface area contributed by atoms with Gasteiger partial charge in [-0.1, -0.05) is 37.1 Å².